The molecule has 2 unspecified atom stereocenters. The largest absolute Gasteiger partial charge is 0.493 e. The van der Waals surface area contributed by atoms with E-state index in [1.807, 2.05) is 19.2 Å². The molecule has 1 fully saturated rings. The van der Waals surface area contributed by atoms with Gasteiger partial charge in [-0.25, -0.2) is 9.59 Å². The molecule has 2 aliphatic heterocycles. The molecule has 2 heterocycles. The predicted molar refractivity (Wildman–Crippen MR) is 131 cm³/mol. The molecule has 210 valence electrons. The number of aliphatic carboxylic acids is 1. The van der Waals surface area contributed by atoms with Crippen LogP contribution in [-0.4, -0.2) is 89.6 Å². The standard InChI is InChI=1S/C27H31NO11/c1-13(36-20(30)12-18(24(31)32)37-14(2)29)25(33)38-17-7-8-27(34)19-11-15-5-6-16(35-4)22-21(15)26(27,23(17)39-22)9-10-28(19)3/h5-7,13,18-19,23,34H,8-12H2,1-4H3,(H,31,32)/t13?,18?,19-,23+,26+,27-/m1/s1. The lowest BCUT2D eigenvalue weighted by molar-refractivity contribution is -0.177. The minimum Gasteiger partial charge on any atom is -0.493 e. The molecular weight excluding hydrogens is 514 g/mol. The van der Waals surface area contributed by atoms with E-state index in [1.54, 1.807) is 6.08 Å². The normalized spacial score (nSPS) is 29.6. The van der Waals surface area contributed by atoms with Crippen LogP contribution in [0.1, 0.15) is 44.2 Å². The van der Waals surface area contributed by atoms with E-state index in [1.165, 1.54) is 14.0 Å². The molecule has 5 rings (SSSR count). The summed E-state index contributed by atoms with van der Waals surface area (Å²) in [5, 5.41) is 21.4. The molecule has 2 bridgehead atoms. The SMILES string of the molecule is COc1ccc2c3c1O[C@H]1C(OC(=O)C(C)OC(=O)CC(OC(C)=O)C(=O)O)=CC[C@@]4(O)[C@@H](C2)N(C)CC[C@]314. The zero-order chi connectivity index (χ0) is 28.3. The van der Waals surface area contributed by atoms with Crippen LogP contribution in [0.4, 0.5) is 0 Å². The summed E-state index contributed by atoms with van der Waals surface area (Å²) >= 11 is 0. The maximum Gasteiger partial charge on any atom is 0.352 e. The Hall–Kier alpha value is -3.64. The number of carbonyl (C=O) groups is 4. The number of aliphatic hydroxyl groups is 1. The van der Waals surface area contributed by atoms with E-state index >= 15 is 0 Å². The lowest BCUT2D eigenvalue weighted by Crippen LogP contribution is -2.74. The highest BCUT2D eigenvalue weighted by atomic mass is 16.6. The van der Waals surface area contributed by atoms with E-state index in [0.717, 1.165) is 18.1 Å². The first-order chi connectivity index (χ1) is 18.4. The molecule has 1 aromatic rings. The molecule has 12 nitrogen and oxygen atoms in total. The maximum atomic E-state index is 13.0. The first-order valence-electron chi connectivity index (χ1n) is 12.7. The Kier molecular flexibility index (Phi) is 6.58. The Morgan fingerprint density at radius 2 is 1.97 bits per heavy atom. The molecule has 0 aromatic heterocycles. The Labute approximate surface area is 224 Å². The minimum absolute atomic E-state index is 0.169. The monoisotopic (exact) mass is 545 g/mol. The fourth-order valence-electron chi connectivity index (χ4n) is 6.61. The van der Waals surface area contributed by atoms with Crippen molar-refractivity contribution >= 4 is 23.9 Å². The fraction of sp³-hybridized carbons (Fsp3) is 0.556. The average molecular weight is 546 g/mol. The molecule has 6 atom stereocenters. The molecule has 39 heavy (non-hydrogen) atoms. The topological polar surface area (TPSA) is 158 Å². The Bertz CT molecular complexity index is 1270. The molecule has 0 radical (unpaired) electrons. The summed E-state index contributed by atoms with van der Waals surface area (Å²) < 4.78 is 27.4. The third-order valence-corrected chi connectivity index (χ3v) is 8.35. The fourth-order valence-corrected chi connectivity index (χ4v) is 6.61. The first kappa shape index (κ1) is 26.9. The number of likely N-dealkylation sites (tertiary alicyclic amines) is 1. The van der Waals surface area contributed by atoms with Gasteiger partial charge in [-0.05, 0) is 51.1 Å². The first-order valence-corrected chi connectivity index (χ1v) is 12.7. The van der Waals surface area contributed by atoms with Crippen LogP contribution >= 0.6 is 0 Å². The number of carboxylic acids is 1. The van der Waals surface area contributed by atoms with E-state index in [2.05, 4.69) is 9.64 Å². The second-order valence-electron chi connectivity index (χ2n) is 10.5. The summed E-state index contributed by atoms with van der Waals surface area (Å²) in [5.74, 6) is -3.10. The number of likely N-dealkylation sites (N-methyl/N-ethyl adjacent to an activating group) is 1. The van der Waals surface area contributed by atoms with Gasteiger partial charge in [0.2, 0.25) is 6.10 Å². The van der Waals surface area contributed by atoms with Crippen molar-refractivity contribution < 1.29 is 53.1 Å². The van der Waals surface area contributed by atoms with E-state index < -0.39 is 59.6 Å². The number of benzene rings is 1. The molecule has 0 saturated carbocycles. The van der Waals surface area contributed by atoms with Gasteiger partial charge in [-0.15, -0.1) is 0 Å². The Morgan fingerprint density at radius 3 is 2.64 bits per heavy atom. The number of carboxylic acid groups (broad SMARTS) is 1. The van der Waals surface area contributed by atoms with Crippen LogP contribution in [0.25, 0.3) is 0 Å². The number of hydrogen-bond donors (Lipinski definition) is 2. The van der Waals surface area contributed by atoms with Gasteiger partial charge in [-0.1, -0.05) is 6.07 Å². The van der Waals surface area contributed by atoms with Crippen molar-refractivity contribution in [3.05, 3.63) is 35.1 Å². The van der Waals surface area contributed by atoms with Crippen molar-refractivity contribution in [1.29, 1.82) is 0 Å². The van der Waals surface area contributed by atoms with Gasteiger partial charge in [0.05, 0.1) is 24.5 Å². The second-order valence-corrected chi connectivity index (χ2v) is 10.5. The number of nitrogens with zero attached hydrogens (tertiary/aromatic N) is 1. The van der Waals surface area contributed by atoms with Crippen LogP contribution < -0.4 is 9.47 Å². The summed E-state index contributed by atoms with van der Waals surface area (Å²) in [6, 6.07) is 3.65. The van der Waals surface area contributed by atoms with Crippen molar-refractivity contribution in [3.8, 4) is 11.5 Å². The number of esters is 3. The quantitative estimate of drug-likeness (QED) is 0.351. The minimum atomic E-state index is -1.74. The third-order valence-electron chi connectivity index (χ3n) is 8.35. The number of hydrogen-bond acceptors (Lipinski definition) is 11. The van der Waals surface area contributed by atoms with Gasteiger partial charge >= 0.3 is 23.9 Å². The number of rotatable bonds is 8. The molecule has 1 spiro atoms. The van der Waals surface area contributed by atoms with Gasteiger partial charge in [0.1, 0.15) is 5.76 Å². The predicted octanol–water partition coefficient (Wildman–Crippen LogP) is 0.854. The van der Waals surface area contributed by atoms with E-state index in [9.17, 15) is 24.3 Å². The van der Waals surface area contributed by atoms with Crippen LogP contribution in [0, 0.1) is 0 Å². The highest BCUT2D eigenvalue weighted by Gasteiger charge is 2.72. The highest BCUT2D eigenvalue weighted by Crippen LogP contribution is 2.65. The van der Waals surface area contributed by atoms with E-state index in [-0.39, 0.29) is 18.2 Å². The molecule has 1 saturated heterocycles. The maximum absolute atomic E-state index is 13.0. The molecule has 4 aliphatic rings. The number of ether oxygens (including phenoxy) is 5. The Balaban J connectivity index is 1.38. The third kappa shape index (κ3) is 4.04. The van der Waals surface area contributed by atoms with Gasteiger partial charge < -0.3 is 38.8 Å². The van der Waals surface area contributed by atoms with Crippen LogP contribution in [0.3, 0.4) is 0 Å². The smallest absolute Gasteiger partial charge is 0.352 e. The van der Waals surface area contributed by atoms with Gasteiger partial charge in [-0.3, -0.25) is 9.59 Å². The van der Waals surface area contributed by atoms with E-state index in [0.29, 0.717) is 30.9 Å². The van der Waals surface area contributed by atoms with Gasteiger partial charge in [0, 0.05) is 24.9 Å². The lowest BCUT2D eigenvalue weighted by atomic mass is 9.50. The summed E-state index contributed by atoms with van der Waals surface area (Å²) in [6.45, 7) is 3.00. The number of methoxy groups -OCH3 is 1. The number of carbonyl (C=O) groups excluding carboxylic acids is 3. The molecule has 12 heteroatoms. The lowest BCUT2D eigenvalue weighted by Gasteiger charge is -2.61. The van der Waals surface area contributed by atoms with E-state index in [4.69, 9.17) is 24.1 Å². The van der Waals surface area contributed by atoms with Gasteiger partial charge in [0.25, 0.3) is 0 Å². The van der Waals surface area contributed by atoms with Gasteiger partial charge in [0.15, 0.2) is 23.7 Å². The molecular formula is C27H31NO11. The number of piperidine rings is 1. The highest BCUT2D eigenvalue weighted by molar-refractivity contribution is 5.85. The van der Waals surface area contributed by atoms with Crippen molar-refractivity contribution in [1.82, 2.24) is 4.90 Å². The second kappa shape index (κ2) is 9.53. The van der Waals surface area contributed by atoms with Gasteiger partial charge in [-0.2, -0.15) is 0 Å². The molecule has 0 amide bonds. The van der Waals surface area contributed by atoms with Crippen LogP contribution in [0.5, 0.6) is 11.5 Å². The summed E-state index contributed by atoms with van der Waals surface area (Å²) in [4.78, 5) is 49.8. The van der Waals surface area contributed by atoms with Crippen molar-refractivity contribution in [2.75, 3.05) is 20.7 Å². The van der Waals surface area contributed by atoms with Crippen LogP contribution in [0.2, 0.25) is 0 Å². The van der Waals surface area contributed by atoms with Crippen molar-refractivity contribution in [2.45, 2.75) is 74.9 Å². The Morgan fingerprint density at radius 1 is 1.23 bits per heavy atom. The van der Waals surface area contributed by atoms with Crippen molar-refractivity contribution in [3.63, 3.8) is 0 Å². The summed E-state index contributed by atoms with van der Waals surface area (Å²) in [7, 11) is 3.53. The summed E-state index contributed by atoms with van der Waals surface area (Å²) in [6.07, 6.45) is -1.67. The molecule has 1 aromatic carbocycles. The zero-order valence-corrected chi connectivity index (χ0v) is 22.1. The molecule has 2 N–H and O–H groups in total. The van der Waals surface area contributed by atoms with Crippen LogP contribution in [0.15, 0.2) is 24.0 Å². The van der Waals surface area contributed by atoms with Crippen LogP contribution in [-0.2, 0) is 45.2 Å². The van der Waals surface area contributed by atoms with Crippen molar-refractivity contribution in [2.24, 2.45) is 0 Å². The zero-order valence-electron chi connectivity index (χ0n) is 22.1. The molecule has 2 aliphatic carbocycles. The average Bonchev–Trinajstić information content (AvgIpc) is 3.22. The summed E-state index contributed by atoms with van der Waals surface area (Å²) in [5.41, 5.74) is -0.119.